The van der Waals surface area contributed by atoms with Crippen molar-refractivity contribution in [2.45, 2.75) is 11.8 Å². The van der Waals surface area contributed by atoms with E-state index in [2.05, 4.69) is 31.4 Å². The van der Waals surface area contributed by atoms with Gasteiger partial charge in [-0.05, 0) is 60.7 Å². The highest BCUT2D eigenvalue weighted by molar-refractivity contribution is 9.10. The Balaban J connectivity index is 1.51. The minimum absolute atomic E-state index is 0.131. The molecule has 9 heteroatoms. The van der Waals surface area contributed by atoms with Crippen molar-refractivity contribution in [1.29, 1.82) is 0 Å². The fraction of sp³-hybridized carbons (Fsp3) is 0.125. The van der Waals surface area contributed by atoms with Gasteiger partial charge in [0.05, 0.1) is 12.9 Å². The number of carbonyl (C=O) groups is 1. The van der Waals surface area contributed by atoms with E-state index in [9.17, 15) is 4.79 Å². The molecule has 1 N–H and O–H groups in total. The maximum atomic E-state index is 12.5. The van der Waals surface area contributed by atoms with E-state index in [0.717, 1.165) is 27.3 Å². The molecule has 1 amide bonds. The third kappa shape index (κ3) is 6.15. The van der Waals surface area contributed by atoms with E-state index in [1.165, 1.54) is 11.8 Å². The molecule has 0 bridgehead atoms. The Morgan fingerprint density at radius 2 is 1.70 bits per heavy atom. The molecule has 0 aliphatic heterocycles. The average molecular weight is 525 g/mol. The van der Waals surface area contributed by atoms with Crippen LogP contribution in [0.2, 0.25) is 0 Å². The summed E-state index contributed by atoms with van der Waals surface area (Å²) in [4.78, 5) is 12.5. The lowest BCUT2D eigenvalue weighted by atomic mass is 10.3. The van der Waals surface area contributed by atoms with Crippen molar-refractivity contribution in [2.75, 3.05) is 18.2 Å². The Morgan fingerprint density at radius 1 is 0.970 bits per heavy atom. The number of methoxy groups -OCH3 is 1. The van der Waals surface area contributed by atoms with Gasteiger partial charge in [-0.2, -0.15) is 0 Å². The van der Waals surface area contributed by atoms with E-state index >= 15 is 0 Å². The van der Waals surface area contributed by atoms with E-state index in [0.29, 0.717) is 11.0 Å². The number of hydrogen-bond acceptors (Lipinski definition) is 6. The summed E-state index contributed by atoms with van der Waals surface area (Å²) in [5, 5.41) is 12.1. The average Bonchev–Trinajstić information content (AvgIpc) is 3.26. The summed E-state index contributed by atoms with van der Waals surface area (Å²) in [5.74, 6) is 2.17. The van der Waals surface area contributed by atoms with E-state index in [1.54, 1.807) is 7.11 Å². The molecule has 0 radical (unpaired) electrons. The molecule has 0 aliphatic carbocycles. The van der Waals surface area contributed by atoms with Gasteiger partial charge in [-0.15, -0.1) is 10.2 Å². The van der Waals surface area contributed by atoms with Crippen LogP contribution in [-0.2, 0) is 11.4 Å². The molecule has 168 valence electrons. The van der Waals surface area contributed by atoms with Gasteiger partial charge in [-0.1, -0.05) is 45.9 Å². The number of ether oxygens (including phenoxy) is 2. The van der Waals surface area contributed by atoms with Crippen LogP contribution < -0.4 is 14.8 Å². The second-order valence-corrected chi connectivity index (χ2v) is 8.74. The standard InChI is InChI=1S/C24H21BrN4O3S/c1-31-20-13-11-19(12-14-20)29-22(15-32-21-5-3-2-4-6-21)27-28-24(29)33-16-23(30)26-18-9-7-17(25)8-10-18/h2-14H,15-16H2,1H3,(H,26,30). The number of nitrogens with one attached hydrogen (secondary N) is 1. The molecule has 0 saturated carbocycles. The Bertz CT molecular complexity index is 1200. The van der Waals surface area contributed by atoms with Gasteiger partial charge in [0.15, 0.2) is 11.0 Å². The van der Waals surface area contributed by atoms with Crippen molar-refractivity contribution >= 4 is 39.3 Å². The number of para-hydroxylation sites is 1. The first kappa shape index (κ1) is 22.9. The maximum Gasteiger partial charge on any atom is 0.234 e. The van der Waals surface area contributed by atoms with Crippen molar-refractivity contribution in [1.82, 2.24) is 14.8 Å². The first-order valence-corrected chi connectivity index (χ1v) is 11.8. The molecule has 3 aromatic carbocycles. The van der Waals surface area contributed by atoms with Crippen molar-refractivity contribution in [3.8, 4) is 17.2 Å². The van der Waals surface area contributed by atoms with E-state index in [1.807, 2.05) is 83.4 Å². The van der Waals surface area contributed by atoms with Crippen LogP contribution in [0, 0.1) is 0 Å². The van der Waals surface area contributed by atoms with Crippen LogP contribution in [0.25, 0.3) is 5.69 Å². The summed E-state index contributed by atoms with van der Waals surface area (Å²) in [7, 11) is 1.62. The highest BCUT2D eigenvalue weighted by atomic mass is 79.9. The predicted molar refractivity (Wildman–Crippen MR) is 132 cm³/mol. The summed E-state index contributed by atoms with van der Waals surface area (Å²) < 4.78 is 14.0. The molecule has 1 heterocycles. The minimum atomic E-state index is -0.131. The number of aromatic nitrogens is 3. The Hall–Kier alpha value is -3.30. The van der Waals surface area contributed by atoms with Gasteiger partial charge in [0.25, 0.3) is 0 Å². The quantitative estimate of drug-likeness (QED) is 0.297. The summed E-state index contributed by atoms with van der Waals surface area (Å²) in [5.41, 5.74) is 1.58. The van der Waals surface area contributed by atoms with Crippen LogP contribution in [0.4, 0.5) is 5.69 Å². The highest BCUT2D eigenvalue weighted by Crippen LogP contribution is 2.25. The number of benzene rings is 3. The van der Waals surface area contributed by atoms with Crippen LogP contribution >= 0.6 is 27.7 Å². The maximum absolute atomic E-state index is 12.5. The molecule has 0 aliphatic rings. The third-order valence-corrected chi connectivity index (χ3v) is 6.06. The zero-order chi connectivity index (χ0) is 23.0. The predicted octanol–water partition coefficient (Wildman–Crippen LogP) is 5.35. The number of rotatable bonds is 9. The Labute approximate surface area is 204 Å². The molecule has 0 unspecified atom stereocenters. The first-order valence-electron chi connectivity index (χ1n) is 10.1. The normalized spacial score (nSPS) is 10.6. The van der Waals surface area contributed by atoms with E-state index in [4.69, 9.17) is 9.47 Å². The van der Waals surface area contributed by atoms with Gasteiger partial charge < -0.3 is 14.8 Å². The molecule has 0 atom stereocenters. The third-order valence-electron chi connectivity index (χ3n) is 4.60. The molecule has 7 nitrogen and oxygen atoms in total. The lowest BCUT2D eigenvalue weighted by molar-refractivity contribution is -0.113. The topological polar surface area (TPSA) is 78.3 Å². The number of anilines is 1. The smallest absolute Gasteiger partial charge is 0.234 e. The summed E-state index contributed by atoms with van der Waals surface area (Å²) in [6, 6.07) is 24.5. The Morgan fingerprint density at radius 3 is 2.39 bits per heavy atom. The fourth-order valence-corrected chi connectivity index (χ4v) is 4.04. The second-order valence-electron chi connectivity index (χ2n) is 6.88. The summed E-state index contributed by atoms with van der Waals surface area (Å²) in [6.07, 6.45) is 0. The van der Waals surface area contributed by atoms with Crippen LogP contribution in [-0.4, -0.2) is 33.5 Å². The number of amides is 1. The molecule has 33 heavy (non-hydrogen) atoms. The van der Waals surface area contributed by atoms with Gasteiger partial charge in [0, 0.05) is 15.8 Å². The zero-order valence-corrected chi connectivity index (χ0v) is 20.2. The zero-order valence-electron chi connectivity index (χ0n) is 17.8. The van der Waals surface area contributed by atoms with E-state index < -0.39 is 0 Å². The van der Waals surface area contributed by atoms with Gasteiger partial charge in [0.1, 0.15) is 18.1 Å². The lowest BCUT2D eigenvalue weighted by Crippen LogP contribution is -2.14. The summed E-state index contributed by atoms with van der Waals surface area (Å²) in [6.45, 7) is 0.231. The largest absolute Gasteiger partial charge is 0.497 e. The first-order chi connectivity index (χ1) is 16.1. The van der Waals surface area contributed by atoms with Gasteiger partial charge in [-0.3, -0.25) is 9.36 Å². The van der Waals surface area contributed by atoms with Crippen molar-refractivity contribution in [3.63, 3.8) is 0 Å². The lowest BCUT2D eigenvalue weighted by Gasteiger charge is -2.12. The molecular weight excluding hydrogens is 504 g/mol. The highest BCUT2D eigenvalue weighted by Gasteiger charge is 2.17. The monoisotopic (exact) mass is 524 g/mol. The van der Waals surface area contributed by atoms with Gasteiger partial charge >= 0.3 is 0 Å². The fourth-order valence-electron chi connectivity index (χ4n) is 3.00. The van der Waals surface area contributed by atoms with Crippen LogP contribution in [0.15, 0.2) is 88.5 Å². The van der Waals surface area contributed by atoms with Crippen molar-refractivity contribution in [2.24, 2.45) is 0 Å². The van der Waals surface area contributed by atoms with Crippen molar-refractivity contribution < 1.29 is 14.3 Å². The number of halogens is 1. The molecule has 4 aromatic rings. The number of thioether (sulfide) groups is 1. The molecule has 0 fully saturated rings. The molecular formula is C24H21BrN4O3S. The van der Waals surface area contributed by atoms with Gasteiger partial charge in [0.2, 0.25) is 5.91 Å². The number of hydrogen-bond donors (Lipinski definition) is 1. The van der Waals surface area contributed by atoms with Gasteiger partial charge in [-0.25, -0.2) is 0 Å². The number of carbonyl (C=O) groups excluding carboxylic acids is 1. The molecule has 4 rings (SSSR count). The van der Waals surface area contributed by atoms with Crippen LogP contribution in [0.1, 0.15) is 5.82 Å². The molecule has 0 spiro atoms. The SMILES string of the molecule is COc1ccc(-n2c(COc3ccccc3)nnc2SCC(=O)Nc2ccc(Br)cc2)cc1. The van der Waals surface area contributed by atoms with E-state index in [-0.39, 0.29) is 18.3 Å². The second kappa shape index (κ2) is 11.0. The summed E-state index contributed by atoms with van der Waals surface area (Å²) >= 11 is 4.70. The van der Waals surface area contributed by atoms with Crippen molar-refractivity contribution in [3.05, 3.63) is 89.2 Å². The molecule has 0 saturated heterocycles. The minimum Gasteiger partial charge on any atom is -0.497 e. The van der Waals surface area contributed by atoms with Crippen LogP contribution in [0.5, 0.6) is 11.5 Å². The molecule has 1 aromatic heterocycles. The Kier molecular flexibility index (Phi) is 7.64. The number of nitrogens with zero attached hydrogens (tertiary/aromatic N) is 3. The van der Waals surface area contributed by atoms with Crippen LogP contribution in [0.3, 0.4) is 0 Å².